The van der Waals surface area contributed by atoms with Crippen LogP contribution in [-0.2, 0) is 0 Å². The fourth-order valence-corrected chi connectivity index (χ4v) is 2.24. The topological polar surface area (TPSA) is 50.4 Å². The summed E-state index contributed by atoms with van der Waals surface area (Å²) in [6.45, 7) is 3.19. The van der Waals surface area contributed by atoms with Gasteiger partial charge in [0.25, 0.3) is 0 Å². The monoisotopic (exact) mass is 153 g/mol. The van der Waals surface area contributed by atoms with Crippen molar-refractivity contribution in [1.82, 2.24) is 5.32 Å². The van der Waals surface area contributed by atoms with Crippen molar-refractivity contribution in [3.8, 4) is 0 Å². The molecule has 0 saturated heterocycles. The molecule has 3 nitrogen and oxygen atoms in total. The summed E-state index contributed by atoms with van der Waals surface area (Å²) in [6.07, 6.45) is 3.78. The molecule has 1 spiro atoms. The highest BCUT2D eigenvalue weighted by atomic mass is 15.2. The number of hydrogen-bond acceptors (Lipinski definition) is 3. The maximum absolute atomic E-state index is 5.57. The van der Waals surface area contributed by atoms with Crippen LogP contribution < -0.4 is 11.1 Å². The molecule has 0 aromatic rings. The first-order valence-electron chi connectivity index (χ1n) is 4.28. The van der Waals surface area contributed by atoms with Crippen LogP contribution in [0.4, 0.5) is 0 Å². The van der Waals surface area contributed by atoms with Crippen LogP contribution in [0.2, 0.25) is 0 Å². The molecular weight excluding hydrogens is 138 g/mol. The van der Waals surface area contributed by atoms with Crippen molar-refractivity contribution in [3.05, 3.63) is 0 Å². The Morgan fingerprint density at radius 3 is 3.00 bits per heavy atom. The molecule has 1 heterocycles. The Morgan fingerprint density at radius 1 is 1.73 bits per heavy atom. The maximum atomic E-state index is 5.57. The molecule has 2 rings (SSSR count). The highest BCUT2D eigenvalue weighted by molar-refractivity contribution is 5.80. The van der Waals surface area contributed by atoms with Crippen LogP contribution in [0.1, 0.15) is 26.2 Å². The van der Waals surface area contributed by atoms with E-state index >= 15 is 0 Å². The van der Waals surface area contributed by atoms with Crippen LogP contribution in [0.15, 0.2) is 4.99 Å². The molecule has 0 bridgehead atoms. The van der Waals surface area contributed by atoms with Crippen molar-refractivity contribution < 1.29 is 0 Å². The quantitative estimate of drug-likeness (QED) is 0.531. The van der Waals surface area contributed by atoms with E-state index in [2.05, 4.69) is 17.2 Å². The van der Waals surface area contributed by atoms with Gasteiger partial charge in [0.1, 0.15) is 0 Å². The average Bonchev–Trinajstić information content (AvgIpc) is 2.44. The van der Waals surface area contributed by atoms with Crippen molar-refractivity contribution in [2.75, 3.05) is 6.54 Å². The summed E-state index contributed by atoms with van der Waals surface area (Å²) in [5.74, 6) is 1.47. The van der Waals surface area contributed by atoms with Crippen LogP contribution in [0.25, 0.3) is 0 Å². The number of nitrogens with two attached hydrogens (primary N) is 1. The van der Waals surface area contributed by atoms with Gasteiger partial charge in [-0.2, -0.15) is 0 Å². The molecule has 2 aliphatic rings. The molecule has 3 N–H and O–H groups in total. The highest BCUT2D eigenvalue weighted by Crippen LogP contribution is 2.35. The Bertz CT molecular complexity index is 200. The molecule has 0 aromatic heterocycles. The third kappa shape index (κ3) is 1.08. The van der Waals surface area contributed by atoms with Crippen LogP contribution in [0.3, 0.4) is 0 Å². The molecule has 2 atom stereocenters. The van der Waals surface area contributed by atoms with Crippen LogP contribution in [-0.4, -0.2) is 18.0 Å². The van der Waals surface area contributed by atoms with E-state index < -0.39 is 0 Å². The Balaban J connectivity index is 2.05. The van der Waals surface area contributed by atoms with E-state index in [0.717, 1.165) is 12.5 Å². The van der Waals surface area contributed by atoms with Gasteiger partial charge in [-0.25, -0.2) is 0 Å². The van der Waals surface area contributed by atoms with Crippen LogP contribution >= 0.6 is 0 Å². The molecule has 2 unspecified atom stereocenters. The van der Waals surface area contributed by atoms with Gasteiger partial charge in [0.05, 0.1) is 12.1 Å². The van der Waals surface area contributed by atoms with E-state index in [4.69, 9.17) is 5.73 Å². The SMILES string of the molecule is CC1CCC2(CN=C(N)N2)C1. The van der Waals surface area contributed by atoms with E-state index in [1.165, 1.54) is 19.3 Å². The van der Waals surface area contributed by atoms with E-state index in [0.29, 0.717) is 5.96 Å². The van der Waals surface area contributed by atoms with E-state index in [1.807, 2.05) is 0 Å². The molecule has 11 heavy (non-hydrogen) atoms. The molecule has 1 saturated carbocycles. The zero-order valence-electron chi connectivity index (χ0n) is 6.93. The summed E-state index contributed by atoms with van der Waals surface area (Å²) in [5.41, 5.74) is 5.83. The van der Waals surface area contributed by atoms with E-state index in [9.17, 15) is 0 Å². The molecular formula is C8H15N3. The lowest BCUT2D eigenvalue weighted by Crippen LogP contribution is -2.45. The molecule has 3 heteroatoms. The number of aliphatic imine (C=N–C) groups is 1. The highest BCUT2D eigenvalue weighted by Gasteiger charge is 2.40. The summed E-state index contributed by atoms with van der Waals surface area (Å²) >= 11 is 0. The molecule has 62 valence electrons. The van der Waals surface area contributed by atoms with Gasteiger partial charge in [-0.05, 0) is 25.2 Å². The zero-order chi connectivity index (χ0) is 7.90. The summed E-state index contributed by atoms with van der Waals surface area (Å²) in [7, 11) is 0. The van der Waals surface area contributed by atoms with Crippen LogP contribution in [0.5, 0.6) is 0 Å². The third-order valence-corrected chi connectivity index (χ3v) is 2.80. The first-order valence-corrected chi connectivity index (χ1v) is 4.28. The minimum atomic E-state index is 0.253. The Labute approximate surface area is 67.1 Å². The lowest BCUT2D eigenvalue weighted by atomic mass is 9.98. The lowest BCUT2D eigenvalue weighted by molar-refractivity contribution is 0.410. The Hall–Kier alpha value is -0.730. The average molecular weight is 153 g/mol. The van der Waals surface area contributed by atoms with Gasteiger partial charge in [0, 0.05) is 0 Å². The van der Waals surface area contributed by atoms with Gasteiger partial charge < -0.3 is 11.1 Å². The summed E-state index contributed by atoms with van der Waals surface area (Å²) in [5, 5.41) is 3.29. The predicted molar refractivity (Wildman–Crippen MR) is 45.4 cm³/mol. The number of nitrogens with zero attached hydrogens (tertiary/aromatic N) is 1. The van der Waals surface area contributed by atoms with E-state index in [-0.39, 0.29) is 5.54 Å². The van der Waals surface area contributed by atoms with Gasteiger partial charge in [-0.1, -0.05) is 6.92 Å². The molecule has 0 amide bonds. The van der Waals surface area contributed by atoms with Crippen molar-refractivity contribution in [2.45, 2.75) is 31.7 Å². The third-order valence-electron chi connectivity index (χ3n) is 2.80. The summed E-state index contributed by atoms with van der Waals surface area (Å²) < 4.78 is 0. The fourth-order valence-electron chi connectivity index (χ4n) is 2.24. The lowest BCUT2D eigenvalue weighted by Gasteiger charge is -2.22. The zero-order valence-corrected chi connectivity index (χ0v) is 6.93. The van der Waals surface area contributed by atoms with Crippen molar-refractivity contribution in [2.24, 2.45) is 16.6 Å². The van der Waals surface area contributed by atoms with Crippen molar-refractivity contribution in [1.29, 1.82) is 0 Å². The fraction of sp³-hybridized carbons (Fsp3) is 0.875. The minimum absolute atomic E-state index is 0.253. The number of nitrogens with one attached hydrogen (secondary N) is 1. The second kappa shape index (κ2) is 2.13. The second-order valence-electron chi connectivity index (χ2n) is 3.95. The standard InChI is InChI=1S/C8H15N3/c1-6-2-3-8(4-6)5-10-7(9)11-8/h6H,2-5H2,1H3,(H3,9,10,11). The Morgan fingerprint density at radius 2 is 2.55 bits per heavy atom. The Kier molecular flexibility index (Phi) is 1.34. The molecule has 0 aromatic carbocycles. The van der Waals surface area contributed by atoms with Crippen LogP contribution in [0, 0.1) is 5.92 Å². The summed E-state index contributed by atoms with van der Waals surface area (Å²) in [6, 6.07) is 0. The minimum Gasteiger partial charge on any atom is -0.370 e. The molecule has 1 aliphatic heterocycles. The predicted octanol–water partition coefficient (Wildman–Crippen LogP) is 0.463. The van der Waals surface area contributed by atoms with E-state index in [1.54, 1.807) is 0 Å². The normalized spacial score (nSPS) is 42.6. The largest absolute Gasteiger partial charge is 0.370 e. The first-order chi connectivity index (χ1) is 5.20. The molecule has 1 fully saturated rings. The van der Waals surface area contributed by atoms with Gasteiger partial charge >= 0.3 is 0 Å². The molecule has 0 radical (unpaired) electrons. The van der Waals surface area contributed by atoms with Gasteiger partial charge in [0.2, 0.25) is 0 Å². The van der Waals surface area contributed by atoms with Crippen molar-refractivity contribution >= 4 is 5.96 Å². The second-order valence-corrected chi connectivity index (χ2v) is 3.95. The first kappa shape index (κ1) is 6.95. The number of rotatable bonds is 0. The van der Waals surface area contributed by atoms with Gasteiger partial charge in [0.15, 0.2) is 5.96 Å². The van der Waals surface area contributed by atoms with Gasteiger partial charge in [-0.15, -0.1) is 0 Å². The van der Waals surface area contributed by atoms with Gasteiger partial charge in [-0.3, -0.25) is 4.99 Å². The summed E-state index contributed by atoms with van der Waals surface area (Å²) in [4.78, 5) is 4.19. The smallest absolute Gasteiger partial charge is 0.189 e. The molecule has 1 aliphatic carbocycles. The maximum Gasteiger partial charge on any atom is 0.189 e. The number of hydrogen-bond donors (Lipinski definition) is 2. The number of guanidine groups is 1. The van der Waals surface area contributed by atoms with Crippen molar-refractivity contribution in [3.63, 3.8) is 0 Å².